The molecule has 0 bridgehead atoms. The summed E-state index contributed by atoms with van der Waals surface area (Å²) in [6.07, 6.45) is -16.5. The second-order valence-corrected chi connectivity index (χ2v) is 9.83. The molecule has 15 heteroatoms. The SMILES string of the molecule is Cc1c(C(F)(F)F)cc2c3c1c(=IF)/c(=C(F)\C(F)=C\C#N)c(C#N)c-3c1cc(C(F)(F)F)c(C(F)(F)F)cc12. The van der Waals surface area contributed by atoms with E-state index in [-0.39, 0.29) is 18.2 Å². The summed E-state index contributed by atoms with van der Waals surface area (Å²) in [4.78, 5) is 0. The lowest BCUT2D eigenvalue weighted by Gasteiger charge is -2.17. The molecule has 40 heavy (non-hydrogen) atoms. The molecule has 0 saturated carbocycles. The summed E-state index contributed by atoms with van der Waals surface area (Å²) in [6, 6.07) is 2.80. The quantitative estimate of drug-likeness (QED) is 0.114. The molecule has 0 amide bonds. The molecule has 0 spiro atoms. The molecule has 2 aliphatic carbocycles. The maximum absolute atomic E-state index is 15.3. The third kappa shape index (κ3) is 4.40. The number of nitriles is 2. The van der Waals surface area contributed by atoms with Crippen molar-refractivity contribution in [2.24, 2.45) is 0 Å². The lowest BCUT2D eigenvalue weighted by molar-refractivity contribution is -0.161. The maximum Gasteiger partial charge on any atom is 0.417 e. The highest BCUT2D eigenvalue weighted by molar-refractivity contribution is 14.1. The largest absolute Gasteiger partial charge is 0.417 e. The van der Waals surface area contributed by atoms with E-state index in [2.05, 4.69) is 0 Å². The Morgan fingerprint density at radius 3 is 1.70 bits per heavy atom. The molecular formula is C25H7F12IN2. The molecule has 0 aliphatic heterocycles. The van der Waals surface area contributed by atoms with Crippen molar-refractivity contribution < 1.29 is 51.2 Å². The second-order valence-electron chi connectivity index (χ2n) is 8.34. The van der Waals surface area contributed by atoms with Gasteiger partial charge in [0.25, 0.3) is 0 Å². The number of hydrogen-bond donors (Lipinski definition) is 0. The normalized spacial score (nSPS) is 15.0. The first kappa shape index (κ1) is 29.4. The van der Waals surface area contributed by atoms with Crippen molar-refractivity contribution in [1.29, 1.82) is 10.5 Å². The van der Waals surface area contributed by atoms with E-state index in [0.717, 1.165) is 13.0 Å². The molecule has 0 heterocycles. The second kappa shape index (κ2) is 9.50. The molecule has 2 aliphatic rings. The molecule has 0 unspecified atom stereocenters. The van der Waals surface area contributed by atoms with Gasteiger partial charge in [0.05, 0.1) is 37.6 Å². The fraction of sp³-hybridized carbons (Fsp3) is 0.160. The lowest BCUT2D eigenvalue weighted by atomic mass is 9.88. The summed E-state index contributed by atoms with van der Waals surface area (Å²) in [5, 5.41) is 14.2. The molecule has 0 fully saturated rings. The van der Waals surface area contributed by atoms with Crippen LogP contribution in [0, 0.1) is 32.7 Å². The van der Waals surface area contributed by atoms with E-state index in [1.54, 1.807) is 0 Å². The van der Waals surface area contributed by atoms with Gasteiger partial charge in [0.2, 0.25) is 0 Å². The van der Waals surface area contributed by atoms with Crippen LogP contribution < -0.4 is 5.22 Å². The van der Waals surface area contributed by atoms with Crippen LogP contribution in [-0.2, 0) is 18.5 Å². The van der Waals surface area contributed by atoms with Crippen molar-refractivity contribution in [3.05, 3.63) is 66.3 Å². The molecule has 4 rings (SSSR count). The number of allylic oxidation sites excluding steroid dienone is 2. The number of alkyl halides is 9. The van der Waals surface area contributed by atoms with Gasteiger partial charge in [-0.25, -0.2) is 8.78 Å². The summed E-state index contributed by atoms with van der Waals surface area (Å²) >= 11 is -3.01. The first-order valence-corrected chi connectivity index (χ1v) is 12.3. The summed E-state index contributed by atoms with van der Waals surface area (Å²) < 4.78 is 168. The standard InChI is InChI=1S/C25H7F12IN2/c1-8-13(23(28,29)30)5-11-9-4-14(24(31,32)33)15(25(34,35)36)6-10(9)18-12(7-40)20(21(27)16(26)2-3-39)22(38-37)17(8)19(11)18/h2,4-6H,1H3/b16-2-,21-20+. The number of hydrogen-bond acceptors (Lipinski definition) is 2. The highest BCUT2D eigenvalue weighted by Crippen LogP contribution is 2.52. The van der Waals surface area contributed by atoms with Gasteiger partial charge in [-0.1, -0.05) is 0 Å². The van der Waals surface area contributed by atoms with Crippen molar-refractivity contribution in [2.45, 2.75) is 25.5 Å². The maximum atomic E-state index is 15.3. The Morgan fingerprint density at radius 2 is 1.25 bits per heavy atom. The fourth-order valence-corrected chi connectivity index (χ4v) is 6.29. The van der Waals surface area contributed by atoms with Gasteiger partial charge < -0.3 is 0 Å². The van der Waals surface area contributed by atoms with Crippen molar-refractivity contribution >= 4 is 48.7 Å². The van der Waals surface area contributed by atoms with E-state index in [9.17, 15) is 52.0 Å². The van der Waals surface area contributed by atoms with E-state index < -0.39 is 120 Å². The van der Waals surface area contributed by atoms with Crippen LogP contribution in [0.25, 0.3) is 38.5 Å². The highest BCUT2D eigenvalue weighted by Gasteiger charge is 2.45. The van der Waals surface area contributed by atoms with Crippen LogP contribution in [0.15, 0.2) is 30.1 Å². The predicted molar refractivity (Wildman–Crippen MR) is 127 cm³/mol. The number of benzene rings is 3. The molecule has 0 saturated heterocycles. The number of nitrogens with zero attached hydrogens (tertiary/aromatic N) is 2. The van der Waals surface area contributed by atoms with E-state index in [1.807, 2.05) is 0 Å². The first-order valence-electron chi connectivity index (χ1n) is 10.4. The minimum Gasteiger partial charge on any atom is -0.203 e. The van der Waals surface area contributed by atoms with E-state index in [4.69, 9.17) is 5.26 Å². The van der Waals surface area contributed by atoms with Crippen molar-refractivity contribution in [2.75, 3.05) is 0 Å². The van der Waals surface area contributed by atoms with Crippen LogP contribution in [0.2, 0.25) is 0 Å². The topological polar surface area (TPSA) is 47.6 Å². The Balaban J connectivity index is 2.56. The van der Waals surface area contributed by atoms with E-state index in [1.165, 1.54) is 6.07 Å². The van der Waals surface area contributed by atoms with Crippen LogP contribution >= 0.6 is 21.3 Å². The van der Waals surface area contributed by atoms with Crippen LogP contribution in [0.1, 0.15) is 27.8 Å². The Hall–Kier alpha value is -3.60. The van der Waals surface area contributed by atoms with Gasteiger partial charge >= 0.3 is 18.5 Å². The molecule has 2 aromatic rings. The van der Waals surface area contributed by atoms with Crippen LogP contribution in [0.5, 0.6) is 0 Å². The Morgan fingerprint density at radius 1 is 0.775 bits per heavy atom. The molecule has 2 aromatic carbocycles. The Bertz CT molecular complexity index is 1920. The van der Waals surface area contributed by atoms with Gasteiger partial charge in [0.1, 0.15) is 27.4 Å². The van der Waals surface area contributed by atoms with Crippen molar-refractivity contribution in [1.82, 2.24) is 0 Å². The summed E-state index contributed by atoms with van der Waals surface area (Å²) in [7, 11) is 0. The third-order valence-corrected chi connectivity index (χ3v) is 7.70. The molecule has 0 aromatic heterocycles. The van der Waals surface area contributed by atoms with Crippen molar-refractivity contribution in [3.8, 4) is 23.3 Å². The Labute approximate surface area is 225 Å². The highest BCUT2D eigenvalue weighted by atomic mass is 127. The Kier molecular flexibility index (Phi) is 6.98. The zero-order chi connectivity index (χ0) is 30.1. The number of fused-ring (bicyclic) bond motifs is 3. The zero-order valence-corrected chi connectivity index (χ0v) is 21.3. The molecule has 0 atom stereocenters. The zero-order valence-electron chi connectivity index (χ0n) is 19.1. The summed E-state index contributed by atoms with van der Waals surface area (Å²) in [5.41, 5.74) is -9.06. The third-order valence-electron chi connectivity index (χ3n) is 6.21. The summed E-state index contributed by atoms with van der Waals surface area (Å²) in [6.45, 7) is 0.815. The van der Waals surface area contributed by atoms with E-state index >= 15 is 4.39 Å². The molecule has 0 radical (unpaired) electrons. The van der Waals surface area contributed by atoms with Gasteiger partial charge in [-0.2, -0.15) is 52.9 Å². The number of rotatable bonds is 1. The predicted octanol–water partition coefficient (Wildman–Crippen LogP) is 9.33. The molecular weight excluding hydrogens is 683 g/mol. The van der Waals surface area contributed by atoms with Gasteiger partial charge in [0.15, 0.2) is 11.7 Å². The van der Waals surface area contributed by atoms with Gasteiger partial charge in [0, 0.05) is 21.7 Å². The molecule has 0 N–H and O–H groups in total. The fourth-order valence-electron chi connectivity index (χ4n) is 4.70. The van der Waals surface area contributed by atoms with Gasteiger partial charge in [-0.05, 0) is 46.8 Å². The van der Waals surface area contributed by atoms with Crippen LogP contribution in [-0.4, -0.2) is 0 Å². The van der Waals surface area contributed by atoms with Crippen LogP contribution in [0.3, 0.4) is 0 Å². The number of halogens is 13. The van der Waals surface area contributed by atoms with Crippen LogP contribution in [0.4, 0.5) is 51.2 Å². The smallest absolute Gasteiger partial charge is 0.203 e. The van der Waals surface area contributed by atoms with E-state index in [0.29, 0.717) is 6.07 Å². The monoisotopic (exact) mass is 690 g/mol. The molecule has 2 nitrogen and oxygen atoms in total. The minimum absolute atomic E-state index is 0.00390. The average Bonchev–Trinajstić information content (AvgIpc) is 3.16. The first-order chi connectivity index (χ1) is 18.4. The van der Waals surface area contributed by atoms with Crippen molar-refractivity contribution in [3.63, 3.8) is 0 Å². The molecule has 208 valence electrons. The van der Waals surface area contributed by atoms with Gasteiger partial charge in [-0.3, -0.25) is 0 Å². The number of aryl methyl sites for hydroxylation is 1. The lowest BCUT2D eigenvalue weighted by Crippen LogP contribution is -2.17. The van der Waals surface area contributed by atoms with Gasteiger partial charge in [-0.15, -0.1) is 0 Å². The summed E-state index contributed by atoms with van der Waals surface area (Å²) in [5.74, 6) is -4.02. The average molecular weight is 690 g/mol. The minimum atomic E-state index is -5.64.